The molecule has 5 heteroatoms. The van der Waals surface area contributed by atoms with Crippen molar-refractivity contribution in [3.63, 3.8) is 0 Å². The molecule has 16 heavy (non-hydrogen) atoms. The highest BCUT2D eigenvalue weighted by Crippen LogP contribution is 2.07. The predicted octanol–water partition coefficient (Wildman–Crippen LogP) is 2.72. The number of hydrogen-bond acceptors (Lipinski definition) is 3. The standard InChI is InChI=1S/C11H13Br2NO2/c12-7-10(13)11(15)16-6-2-4-9-3-1-5-14-8-9/h1,3,5,8,10H,2,4,6-7H2. The lowest BCUT2D eigenvalue weighted by Gasteiger charge is -2.07. The number of rotatable bonds is 6. The van der Waals surface area contributed by atoms with Gasteiger partial charge in [0.15, 0.2) is 0 Å². The Bertz CT molecular complexity index is 319. The number of aryl methyl sites for hydroxylation is 1. The first kappa shape index (κ1) is 13.6. The molecule has 1 aromatic heterocycles. The van der Waals surface area contributed by atoms with Crippen LogP contribution in [-0.2, 0) is 16.0 Å². The zero-order chi connectivity index (χ0) is 11.8. The maximum atomic E-state index is 11.3. The maximum absolute atomic E-state index is 11.3. The molecule has 0 saturated carbocycles. The molecular formula is C11H13Br2NO2. The zero-order valence-corrected chi connectivity index (χ0v) is 11.9. The van der Waals surface area contributed by atoms with Crippen molar-refractivity contribution in [2.75, 3.05) is 11.9 Å². The van der Waals surface area contributed by atoms with E-state index in [-0.39, 0.29) is 10.8 Å². The van der Waals surface area contributed by atoms with Gasteiger partial charge in [0.25, 0.3) is 0 Å². The summed E-state index contributed by atoms with van der Waals surface area (Å²) in [6.45, 7) is 0.447. The van der Waals surface area contributed by atoms with Crippen molar-refractivity contribution < 1.29 is 9.53 Å². The lowest BCUT2D eigenvalue weighted by molar-refractivity contribution is -0.142. The van der Waals surface area contributed by atoms with Crippen molar-refractivity contribution in [3.8, 4) is 0 Å². The SMILES string of the molecule is O=C(OCCCc1cccnc1)C(Br)CBr. The molecule has 1 aromatic rings. The van der Waals surface area contributed by atoms with Gasteiger partial charge in [-0.15, -0.1) is 0 Å². The van der Waals surface area contributed by atoms with Crippen LogP contribution in [0.5, 0.6) is 0 Å². The Morgan fingerprint density at radius 2 is 2.38 bits per heavy atom. The number of aromatic nitrogens is 1. The van der Waals surface area contributed by atoms with E-state index < -0.39 is 0 Å². The number of pyridine rings is 1. The Balaban J connectivity index is 2.15. The summed E-state index contributed by atoms with van der Waals surface area (Å²) in [4.78, 5) is 15.0. The highest BCUT2D eigenvalue weighted by atomic mass is 79.9. The van der Waals surface area contributed by atoms with Crippen LogP contribution in [0.25, 0.3) is 0 Å². The molecule has 0 bridgehead atoms. The molecule has 1 heterocycles. The molecule has 0 aliphatic carbocycles. The van der Waals surface area contributed by atoms with Crippen LogP contribution in [0.4, 0.5) is 0 Å². The minimum atomic E-state index is -0.258. The molecule has 1 unspecified atom stereocenters. The summed E-state index contributed by atoms with van der Waals surface area (Å²) in [6.07, 6.45) is 5.27. The molecule has 0 radical (unpaired) electrons. The Hall–Kier alpha value is -0.420. The van der Waals surface area contributed by atoms with Crippen LogP contribution in [-0.4, -0.2) is 27.7 Å². The van der Waals surface area contributed by atoms with E-state index >= 15 is 0 Å². The molecular weight excluding hydrogens is 338 g/mol. The summed E-state index contributed by atoms with van der Waals surface area (Å²) >= 11 is 6.41. The van der Waals surface area contributed by atoms with Crippen molar-refractivity contribution in [2.24, 2.45) is 0 Å². The fourth-order valence-corrected chi connectivity index (χ4v) is 1.54. The van der Waals surface area contributed by atoms with Crippen molar-refractivity contribution in [1.82, 2.24) is 4.98 Å². The Labute approximate surface area is 112 Å². The van der Waals surface area contributed by atoms with E-state index in [0.29, 0.717) is 11.9 Å². The molecule has 0 spiro atoms. The van der Waals surface area contributed by atoms with Gasteiger partial charge in [-0.3, -0.25) is 9.78 Å². The van der Waals surface area contributed by atoms with Gasteiger partial charge in [0.05, 0.1) is 6.61 Å². The minimum absolute atomic E-state index is 0.219. The topological polar surface area (TPSA) is 39.2 Å². The third-order valence-electron chi connectivity index (χ3n) is 1.97. The Morgan fingerprint density at radius 3 is 3.00 bits per heavy atom. The smallest absolute Gasteiger partial charge is 0.320 e. The average Bonchev–Trinajstić information content (AvgIpc) is 2.34. The Morgan fingerprint density at radius 1 is 1.56 bits per heavy atom. The lowest BCUT2D eigenvalue weighted by atomic mass is 10.2. The first-order valence-electron chi connectivity index (χ1n) is 4.99. The summed E-state index contributed by atoms with van der Waals surface area (Å²) < 4.78 is 5.08. The third kappa shape index (κ3) is 5.07. The van der Waals surface area contributed by atoms with Crippen molar-refractivity contribution in [3.05, 3.63) is 30.1 Å². The number of alkyl halides is 2. The molecule has 0 N–H and O–H groups in total. The van der Waals surface area contributed by atoms with Crippen LogP contribution in [0, 0.1) is 0 Å². The molecule has 0 aromatic carbocycles. The molecule has 0 aliphatic heterocycles. The molecule has 3 nitrogen and oxygen atoms in total. The summed E-state index contributed by atoms with van der Waals surface area (Å²) in [5, 5.41) is 0.564. The molecule has 0 saturated heterocycles. The van der Waals surface area contributed by atoms with Crippen LogP contribution < -0.4 is 0 Å². The second kappa shape index (κ2) is 7.79. The monoisotopic (exact) mass is 349 g/mol. The van der Waals surface area contributed by atoms with E-state index in [2.05, 4.69) is 36.8 Å². The fourth-order valence-electron chi connectivity index (χ4n) is 1.15. The number of carbonyl (C=O) groups excluding carboxylic acids is 1. The van der Waals surface area contributed by atoms with Crippen molar-refractivity contribution in [1.29, 1.82) is 0 Å². The largest absolute Gasteiger partial charge is 0.465 e. The van der Waals surface area contributed by atoms with Crippen LogP contribution in [0.15, 0.2) is 24.5 Å². The molecule has 0 fully saturated rings. The highest BCUT2D eigenvalue weighted by Gasteiger charge is 2.13. The van der Waals surface area contributed by atoms with Gasteiger partial charge in [-0.25, -0.2) is 0 Å². The third-order valence-corrected chi connectivity index (χ3v) is 4.18. The molecule has 88 valence electrons. The van der Waals surface area contributed by atoms with E-state index in [9.17, 15) is 4.79 Å². The van der Waals surface area contributed by atoms with E-state index in [1.165, 1.54) is 0 Å². The number of nitrogens with zero attached hydrogens (tertiary/aromatic N) is 1. The first-order chi connectivity index (χ1) is 7.74. The maximum Gasteiger partial charge on any atom is 0.320 e. The van der Waals surface area contributed by atoms with E-state index in [4.69, 9.17) is 4.74 Å². The second-order valence-corrected chi connectivity index (χ2v) is 5.01. The fraction of sp³-hybridized carbons (Fsp3) is 0.455. The number of hydrogen-bond donors (Lipinski definition) is 0. The number of halogens is 2. The predicted molar refractivity (Wildman–Crippen MR) is 70.0 cm³/mol. The molecule has 1 rings (SSSR count). The summed E-state index contributed by atoms with van der Waals surface area (Å²) in [5.41, 5.74) is 1.16. The number of carbonyl (C=O) groups is 1. The molecule has 1 atom stereocenters. The zero-order valence-electron chi connectivity index (χ0n) is 8.73. The van der Waals surface area contributed by atoms with Gasteiger partial charge in [0, 0.05) is 17.7 Å². The molecule has 0 aliphatic rings. The quantitative estimate of drug-likeness (QED) is 0.450. The van der Waals surface area contributed by atoms with Gasteiger partial charge in [-0.1, -0.05) is 37.9 Å². The van der Waals surface area contributed by atoms with Gasteiger partial charge >= 0.3 is 5.97 Å². The second-order valence-electron chi connectivity index (χ2n) is 3.25. The van der Waals surface area contributed by atoms with Crippen molar-refractivity contribution in [2.45, 2.75) is 17.7 Å². The number of ether oxygens (including phenoxy) is 1. The van der Waals surface area contributed by atoms with Crippen molar-refractivity contribution >= 4 is 37.8 Å². The molecule has 0 amide bonds. The highest BCUT2D eigenvalue weighted by molar-refractivity contribution is 9.12. The lowest BCUT2D eigenvalue weighted by Crippen LogP contribution is -2.19. The minimum Gasteiger partial charge on any atom is -0.465 e. The van der Waals surface area contributed by atoms with Gasteiger partial charge < -0.3 is 4.74 Å². The van der Waals surface area contributed by atoms with Crippen LogP contribution >= 0.6 is 31.9 Å². The summed E-state index contributed by atoms with van der Waals surface area (Å²) in [6, 6.07) is 3.92. The summed E-state index contributed by atoms with van der Waals surface area (Å²) in [7, 11) is 0. The van der Waals surface area contributed by atoms with E-state index in [1.807, 2.05) is 18.3 Å². The number of esters is 1. The van der Waals surface area contributed by atoms with E-state index in [0.717, 1.165) is 18.4 Å². The van der Waals surface area contributed by atoms with Crippen LogP contribution in [0.1, 0.15) is 12.0 Å². The van der Waals surface area contributed by atoms with Gasteiger partial charge in [0.1, 0.15) is 4.83 Å². The van der Waals surface area contributed by atoms with Gasteiger partial charge in [-0.2, -0.15) is 0 Å². The first-order valence-corrected chi connectivity index (χ1v) is 7.03. The summed E-state index contributed by atoms with van der Waals surface area (Å²) in [5.74, 6) is -0.219. The van der Waals surface area contributed by atoms with Gasteiger partial charge in [0.2, 0.25) is 0 Å². The van der Waals surface area contributed by atoms with Gasteiger partial charge in [-0.05, 0) is 24.5 Å². The Kier molecular flexibility index (Phi) is 6.64. The van der Waals surface area contributed by atoms with Crippen LogP contribution in [0.3, 0.4) is 0 Å². The van der Waals surface area contributed by atoms with Crippen LogP contribution in [0.2, 0.25) is 0 Å². The average molecular weight is 351 g/mol. The normalized spacial score (nSPS) is 12.1. The van der Waals surface area contributed by atoms with E-state index in [1.54, 1.807) is 6.20 Å².